The summed E-state index contributed by atoms with van der Waals surface area (Å²) in [5.74, 6) is 1.69. The molecule has 3 aromatic rings. The maximum atomic E-state index is 12.4. The Morgan fingerprint density at radius 3 is 2.56 bits per heavy atom. The lowest BCUT2D eigenvalue weighted by Crippen LogP contribution is -2.47. The molecule has 2 aliphatic rings. The van der Waals surface area contributed by atoms with E-state index in [1.165, 1.54) is 0 Å². The third kappa shape index (κ3) is 5.65. The molecule has 0 unspecified atom stereocenters. The molecule has 0 bridgehead atoms. The first-order valence-electron chi connectivity index (χ1n) is 11.7. The number of para-hydroxylation sites is 1. The van der Waals surface area contributed by atoms with Crippen molar-refractivity contribution in [3.05, 3.63) is 76.4 Å². The fraction of sp³-hybridized carbons (Fsp3) is 0.346. The van der Waals surface area contributed by atoms with E-state index in [2.05, 4.69) is 32.2 Å². The summed E-state index contributed by atoms with van der Waals surface area (Å²) < 4.78 is 0. The van der Waals surface area contributed by atoms with Crippen LogP contribution in [0.25, 0.3) is 0 Å². The Bertz CT molecular complexity index is 1180. The van der Waals surface area contributed by atoms with Gasteiger partial charge < -0.3 is 15.1 Å². The van der Waals surface area contributed by atoms with Crippen LogP contribution in [0.1, 0.15) is 34.5 Å². The molecular weight excluding hydrogens is 466 g/mol. The van der Waals surface area contributed by atoms with Crippen LogP contribution in [0.4, 0.5) is 11.5 Å². The first-order chi connectivity index (χ1) is 16.5. The molecule has 1 aliphatic heterocycles. The monoisotopic (exact) mass is 493 g/mol. The maximum absolute atomic E-state index is 12.4. The molecule has 176 valence electrons. The molecule has 1 saturated heterocycles. The van der Waals surface area contributed by atoms with Crippen LogP contribution in [0.3, 0.4) is 0 Å². The Labute approximate surface area is 209 Å². The number of rotatable bonds is 7. The Kier molecular flexibility index (Phi) is 6.92. The normalized spacial score (nSPS) is 15.9. The van der Waals surface area contributed by atoms with Crippen LogP contribution in [0.2, 0.25) is 5.02 Å². The van der Waals surface area contributed by atoms with E-state index in [0.717, 1.165) is 72.0 Å². The van der Waals surface area contributed by atoms with Crippen molar-refractivity contribution in [3.8, 4) is 0 Å². The summed E-state index contributed by atoms with van der Waals surface area (Å²) in [6, 6.07) is 18.2. The van der Waals surface area contributed by atoms with Gasteiger partial charge >= 0.3 is 0 Å². The second-order valence-electron chi connectivity index (χ2n) is 8.81. The quantitative estimate of drug-likeness (QED) is 0.371. The Morgan fingerprint density at radius 1 is 1.03 bits per heavy atom. The number of hydrogen-bond donors (Lipinski definition) is 1. The fourth-order valence-electron chi connectivity index (χ4n) is 4.08. The lowest BCUT2D eigenvalue weighted by atomic mass is 10.1. The molecular formula is C26H28ClN5OS. The lowest BCUT2D eigenvalue weighted by molar-refractivity contribution is 0.0951. The number of nitrogens with zero attached hydrogens (tertiary/aromatic N) is 4. The third-order valence-corrected chi connectivity index (χ3v) is 7.32. The van der Waals surface area contributed by atoms with Crippen molar-refractivity contribution < 1.29 is 4.79 Å². The van der Waals surface area contributed by atoms with Gasteiger partial charge in [0.25, 0.3) is 5.91 Å². The minimum absolute atomic E-state index is 0.0133. The average molecular weight is 494 g/mol. The van der Waals surface area contributed by atoms with Gasteiger partial charge in [-0.05, 0) is 49.6 Å². The molecule has 1 amide bonds. The van der Waals surface area contributed by atoms with Crippen LogP contribution >= 0.6 is 23.4 Å². The van der Waals surface area contributed by atoms with Crippen LogP contribution in [0.15, 0.2) is 59.8 Å². The Morgan fingerprint density at radius 2 is 1.79 bits per heavy atom. The van der Waals surface area contributed by atoms with Crippen LogP contribution in [0, 0.1) is 6.92 Å². The predicted molar refractivity (Wildman–Crippen MR) is 139 cm³/mol. The summed E-state index contributed by atoms with van der Waals surface area (Å²) in [7, 11) is 0. The zero-order valence-electron chi connectivity index (χ0n) is 19.2. The minimum Gasteiger partial charge on any atom is -0.367 e. The second-order valence-corrected chi connectivity index (χ2v) is 10.2. The second kappa shape index (κ2) is 10.2. The van der Waals surface area contributed by atoms with Gasteiger partial charge in [-0.1, -0.05) is 47.6 Å². The van der Waals surface area contributed by atoms with Crippen molar-refractivity contribution in [1.82, 2.24) is 15.3 Å². The average Bonchev–Trinajstić information content (AvgIpc) is 3.67. The molecule has 2 fully saturated rings. The van der Waals surface area contributed by atoms with Crippen LogP contribution < -0.4 is 15.1 Å². The van der Waals surface area contributed by atoms with Gasteiger partial charge in [0, 0.05) is 55.3 Å². The molecule has 1 aromatic heterocycles. The van der Waals surface area contributed by atoms with Gasteiger partial charge in [0.15, 0.2) is 5.16 Å². The Hall–Kier alpha value is -2.77. The van der Waals surface area contributed by atoms with Crippen molar-refractivity contribution in [1.29, 1.82) is 0 Å². The van der Waals surface area contributed by atoms with Crippen molar-refractivity contribution in [2.75, 3.05) is 36.0 Å². The maximum Gasteiger partial charge on any atom is 0.251 e. The third-order valence-electron chi connectivity index (χ3n) is 6.09. The van der Waals surface area contributed by atoms with Gasteiger partial charge in [-0.2, -0.15) is 0 Å². The van der Waals surface area contributed by atoms with E-state index in [1.807, 2.05) is 49.4 Å². The number of thioether (sulfide) groups is 1. The van der Waals surface area contributed by atoms with Gasteiger partial charge in [0.05, 0.1) is 10.7 Å². The minimum atomic E-state index is 0.0133. The summed E-state index contributed by atoms with van der Waals surface area (Å²) >= 11 is 7.99. The van der Waals surface area contributed by atoms with Gasteiger partial charge in [0.1, 0.15) is 5.82 Å². The van der Waals surface area contributed by atoms with Crippen molar-refractivity contribution in [2.24, 2.45) is 0 Å². The summed E-state index contributed by atoms with van der Waals surface area (Å²) in [6.07, 6.45) is 2.17. The van der Waals surface area contributed by atoms with Crippen molar-refractivity contribution in [2.45, 2.75) is 36.7 Å². The Balaban J connectivity index is 1.21. The summed E-state index contributed by atoms with van der Waals surface area (Å²) in [5, 5.41) is 4.61. The number of aryl methyl sites for hydroxylation is 1. The number of piperazine rings is 1. The number of hydrogen-bond acceptors (Lipinski definition) is 6. The number of carbonyl (C=O) groups excluding carboxylic acids is 1. The van der Waals surface area contributed by atoms with E-state index in [1.54, 1.807) is 11.8 Å². The molecule has 5 rings (SSSR count). The molecule has 8 heteroatoms. The highest BCUT2D eigenvalue weighted by Crippen LogP contribution is 2.28. The largest absolute Gasteiger partial charge is 0.367 e. The summed E-state index contributed by atoms with van der Waals surface area (Å²) in [4.78, 5) is 26.5. The first kappa shape index (κ1) is 23.0. The SMILES string of the molecule is Cc1cc(N2CCN(c3ccccc3Cl)CC2)nc(SCc2cccc(C(=O)NC3CC3)c2)n1. The van der Waals surface area contributed by atoms with Crippen molar-refractivity contribution >= 4 is 40.8 Å². The van der Waals surface area contributed by atoms with Crippen LogP contribution in [-0.2, 0) is 5.75 Å². The topological polar surface area (TPSA) is 61.4 Å². The number of aromatic nitrogens is 2. The standard InChI is InChI=1S/C26H28ClN5OS/c1-18-15-24(32-13-11-31(12-14-32)23-8-3-2-7-22(23)27)30-26(28-18)34-17-19-5-4-6-20(16-19)25(33)29-21-9-10-21/h2-8,15-16,21H,9-14,17H2,1H3,(H,29,33). The van der Waals surface area contributed by atoms with Gasteiger partial charge in [-0.3, -0.25) is 4.79 Å². The fourth-order valence-corrected chi connectivity index (χ4v) is 5.18. The highest BCUT2D eigenvalue weighted by Gasteiger charge is 2.24. The van der Waals surface area contributed by atoms with E-state index in [-0.39, 0.29) is 5.91 Å². The number of amides is 1. The van der Waals surface area contributed by atoms with Crippen LogP contribution in [-0.4, -0.2) is 48.1 Å². The van der Waals surface area contributed by atoms with Gasteiger partial charge in [-0.25, -0.2) is 9.97 Å². The predicted octanol–water partition coefficient (Wildman–Crippen LogP) is 4.95. The number of carbonyl (C=O) groups is 1. The zero-order valence-corrected chi connectivity index (χ0v) is 20.8. The molecule has 2 heterocycles. The molecule has 0 atom stereocenters. The molecule has 34 heavy (non-hydrogen) atoms. The van der Waals surface area contributed by atoms with E-state index < -0.39 is 0 Å². The van der Waals surface area contributed by atoms with Gasteiger partial charge in [0.2, 0.25) is 0 Å². The van der Waals surface area contributed by atoms with Crippen molar-refractivity contribution in [3.63, 3.8) is 0 Å². The zero-order chi connectivity index (χ0) is 23.5. The number of benzene rings is 2. The highest BCUT2D eigenvalue weighted by atomic mass is 35.5. The van der Waals surface area contributed by atoms with E-state index in [9.17, 15) is 4.79 Å². The molecule has 1 saturated carbocycles. The highest BCUT2D eigenvalue weighted by molar-refractivity contribution is 7.98. The van der Waals surface area contributed by atoms with Gasteiger partial charge in [-0.15, -0.1) is 0 Å². The number of anilines is 2. The molecule has 0 spiro atoms. The summed E-state index contributed by atoms with van der Waals surface area (Å²) in [6.45, 7) is 5.56. The molecule has 6 nitrogen and oxygen atoms in total. The van der Waals surface area contributed by atoms with E-state index >= 15 is 0 Å². The lowest BCUT2D eigenvalue weighted by Gasteiger charge is -2.37. The first-order valence-corrected chi connectivity index (χ1v) is 13.0. The molecule has 0 radical (unpaired) electrons. The summed E-state index contributed by atoms with van der Waals surface area (Å²) in [5.41, 5.74) is 3.85. The number of halogens is 1. The number of nitrogens with one attached hydrogen (secondary N) is 1. The molecule has 1 aliphatic carbocycles. The van der Waals surface area contributed by atoms with E-state index in [0.29, 0.717) is 17.4 Å². The van der Waals surface area contributed by atoms with E-state index in [4.69, 9.17) is 16.6 Å². The smallest absolute Gasteiger partial charge is 0.251 e. The van der Waals surface area contributed by atoms with Crippen LogP contribution in [0.5, 0.6) is 0 Å². The molecule has 2 aromatic carbocycles. The molecule has 1 N–H and O–H groups in total.